The van der Waals surface area contributed by atoms with E-state index < -0.39 is 24.5 Å². The number of rotatable bonds is 8. The summed E-state index contributed by atoms with van der Waals surface area (Å²) >= 11 is 0. The number of nitrogen functional groups attached to an aromatic ring is 1. The van der Waals surface area contributed by atoms with E-state index in [4.69, 9.17) is 15.5 Å². The fourth-order valence-electron chi connectivity index (χ4n) is 6.35. The number of imidazole rings is 2. The molecule has 4 atom stereocenters. The molecule has 0 radical (unpaired) electrons. The maximum Gasteiger partial charge on any atom is 0.167 e. The minimum absolute atomic E-state index is 0. The van der Waals surface area contributed by atoms with E-state index in [0.717, 1.165) is 42.5 Å². The number of hydrogen-bond acceptors (Lipinski definition) is 9. The number of nitrogens with zero attached hydrogens (tertiary/aromatic N) is 6. The van der Waals surface area contributed by atoms with Gasteiger partial charge in [0.25, 0.3) is 0 Å². The van der Waals surface area contributed by atoms with Gasteiger partial charge in [-0.3, -0.25) is 9.47 Å². The highest BCUT2D eigenvalue weighted by atomic mass is 16.6. The van der Waals surface area contributed by atoms with Crippen molar-refractivity contribution in [2.45, 2.75) is 102 Å². The SMILES string of the molecule is CC(C)N(C[C@H]1O[C@@H](n2cnc3c(N)ncnc32)[C@H](O)[C@@H]1O)[C@H]1C[C@H](CCc2nc3cc(C(C)(C)C)ccc3[nH]2)C1.O.O.O. The summed E-state index contributed by atoms with van der Waals surface area (Å²) in [6.45, 7) is 11.6. The van der Waals surface area contributed by atoms with Crippen molar-refractivity contribution in [3.05, 3.63) is 42.2 Å². The van der Waals surface area contributed by atoms with E-state index in [1.54, 1.807) is 4.57 Å². The summed E-state index contributed by atoms with van der Waals surface area (Å²) in [6.07, 6.45) is 3.63. The van der Waals surface area contributed by atoms with Gasteiger partial charge >= 0.3 is 0 Å². The number of nitrogens with one attached hydrogen (secondary N) is 1. The van der Waals surface area contributed by atoms with Gasteiger partial charge in [-0.1, -0.05) is 26.8 Å². The van der Waals surface area contributed by atoms with Gasteiger partial charge in [0.15, 0.2) is 17.7 Å². The van der Waals surface area contributed by atoms with Crippen molar-refractivity contribution in [2.24, 2.45) is 5.92 Å². The molecule has 1 aliphatic carbocycles. The number of aromatic amines is 1. The van der Waals surface area contributed by atoms with Crippen molar-refractivity contribution >= 4 is 28.0 Å². The lowest BCUT2D eigenvalue weighted by atomic mass is 9.76. The predicted molar refractivity (Wildman–Crippen MR) is 168 cm³/mol. The van der Waals surface area contributed by atoms with Crippen LogP contribution < -0.4 is 5.73 Å². The molecule has 4 aromatic rings. The Balaban J connectivity index is 0.00000176. The summed E-state index contributed by atoms with van der Waals surface area (Å²) in [7, 11) is 0. The third kappa shape index (κ3) is 6.56. The van der Waals surface area contributed by atoms with E-state index in [-0.39, 0.29) is 33.7 Å². The normalized spacial score (nSPS) is 25.1. The molecule has 0 bridgehead atoms. The van der Waals surface area contributed by atoms with Crippen molar-refractivity contribution in [3.63, 3.8) is 0 Å². The van der Waals surface area contributed by atoms with E-state index in [2.05, 4.69) is 77.7 Å². The van der Waals surface area contributed by atoms with Gasteiger partial charge in [0, 0.05) is 25.0 Å². The Labute approximate surface area is 256 Å². The number of ether oxygens (including phenoxy) is 1. The highest BCUT2D eigenvalue weighted by Crippen LogP contribution is 2.38. The van der Waals surface area contributed by atoms with Crippen molar-refractivity contribution in [3.8, 4) is 0 Å². The summed E-state index contributed by atoms with van der Waals surface area (Å²) in [6, 6.07) is 7.23. The number of aliphatic hydroxyl groups is 2. The first-order valence-electron chi connectivity index (χ1n) is 14.7. The number of aromatic nitrogens is 6. The van der Waals surface area contributed by atoms with Crippen molar-refractivity contribution in [1.82, 2.24) is 34.4 Å². The van der Waals surface area contributed by atoms with Gasteiger partial charge in [0.05, 0.1) is 17.4 Å². The largest absolute Gasteiger partial charge is 0.412 e. The quantitative estimate of drug-likeness (QED) is 0.219. The molecule has 0 amide bonds. The molecule has 14 nitrogen and oxygen atoms in total. The van der Waals surface area contributed by atoms with Crippen LogP contribution in [0.5, 0.6) is 0 Å². The fraction of sp³-hybridized carbons (Fsp3) is 0.600. The molecule has 4 heterocycles. The number of aryl methyl sites for hydroxylation is 1. The second-order valence-electron chi connectivity index (χ2n) is 13.1. The summed E-state index contributed by atoms with van der Waals surface area (Å²) in [5.41, 5.74) is 10.4. The molecule has 6 rings (SSSR count). The third-order valence-corrected chi connectivity index (χ3v) is 8.92. The van der Waals surface area contributed by atoms with Crippen LogP contribution in [-0.4, -0.2) is 98.0 Å². The average molecular weight is 617 g/mol. The first kappa shape index (κ1) is 35.2. The van der Waals surface area contributed by atoms with Crippen LogP contribution >= 0.6 is 0 Å². The number of H-pyrrole nitrogens is 1. The van der Waals surface area contributed by atoms with Crippen LogP contribution in [0.2, 0.25) is 0 Å². The number of benzene rings is 1. The molecule has 1 saturated heterocycles. The van der Waals surface area contributed by atoms with Gasteiger partial charge in [0.1, 0.15) is 36.0 Å². The minimum Gasteiger partial charge on any atom is -0.412 e. The lowest BCUT2D eigenvalue weighted by Crippen LogP contribution is -2.52. The molecule has 1 aliphatic heterocycles. The second-order valence-corrected chi connectivity index (χ2v) is 13.1. The van der Waals surface area contributed by atoms with E-state index in [1.807, 2.05) is 0 Å². The third-order valence-electron chi connectivity index (χ3n) is 8.92. The van der Waals surface area contributed by atoms with Gasteiger partial charge in [-0.05, 0) is 62.1 Å². The molecule has 2 fully saturated rings. The zero-order chi connectivity index (χ0) is 29.1. The molecule has 2 aliphatic rings. The van der Waals surface area contributed by atoms with E-state index >= 15 is 0 Å². The molecular weight excluding hydrogens is 568 g/mol. The maximum absolute atomic E-state index is 10.9. The lowest BCUT2D eigenvalue weighted by Gasteiger charge is -2.46. The smallest absolute Gasteiger partial charge is 0.167 e. The molecule has 1 aromatic carbocycles. The number of nitrogens with two attached hydrogens (primary N) is 1. The van der Waals surface area contributed by atoms with E-state index in [1.165, 1.54) is 18.2 Å². The van der Waals surface area contributed by atoms with E-state index in [9.17, 15) is 10.2 Å². The number of fused-ring (bicyclic) bond motifs is 2. The Hall–Kier alpha value is -3.24. The monoisotopic (exact) mass is 616 g/mol. The lowest BCUT2D eigenvalue weighted by molar-refractivity contribution is -0.0620. The molecule has 11 N–H and O–H groups in total. The molecule has 14 heteroatoms. The van der Waals surface area contributed by atoms with Crippen molar-refractivity contribution in [2.75, 3.05) is 12.3 Å². The Bertz CT molecular complexity index is 1530. The van der Waals surface area contributed by atoms with Gasteiger partial charge in [-0.2, -0.15) is 0 Å². The summed E-state index contributed by atoms with van der Waals surface area (Å²) < 4.78 is 7.86. The van der Waals surface area contributed by atoms with Crippen LogP contribution in [0.1, 0.15) is 71.5 Å². The first-order chi connectivity index (χ1) is 19.5. The topological polar surface area (TPSA) is 246 Å². The average Bonchev–Trinajstić information content (AvgIpc) is 3.58. The van der Waals surface area contributed by atoms with Crippen molar-refractivity contribution < 1.29 is 31.4 Å². The number of hydrogen-bond donors (Lipinski definition) is 4. The molecule has 44 heavy (non-hydrogen) atoms. The summed E-state index contributed by atoms with van der Waals surface area (Å²) in [5.74, 6) is 1.95. The summed E-state index contributed by atoms with van der Waals surface area (Å²) in [4.78, 5) is 23.3. The van der Waals surface area contributed by atoms with Crippen LogP contribution in [0.15, 0.2) is 30.9 Å². The molecule has 0 unspecified atom stereocenters. The Morgan fingerprint density at radius 1 is 1.09 bits per heavy atom. The van der Waals surface area contributed by atoms with Crippen LogP contribution in [-0.2, 0) is 16.6 Å². The van der Waals surface area contributed by atoms with Crippen LogP contribution in [0.4, 0.5) is 5.82 Å². The number of anilines is 1. The minimum atomic E-state index is -1.11. The highest BCUT2D eigenvalue weighted by Gasteiger charge is 2.46. The number of aliphatic hydroxyl groups excluding tert-OH is 2. The van der Waals surface area contributed by atoms with Gasteiger partial charge in [-0.15, -0.1) is 0 Å². The van der Waals surface area contributed by atoms with Gasteiger partial charge in [0.2, 0.25) is 0 Å². The van der Waals surface area contributed by atoms with E-state index in [0.29, 0.717) is 29.7 Å². The molecule has 0 spiro atoms. The Morgan fingerprint density at radius 2 is 1.82 bits per heavy atom. The van der Waals surface area contributed by atoms with Crippen LogP contribution in [0.25, 0.3) is 22.2 Å². The van der Waals surface area contributed by atoms with Crippen LogP contribution in [0.3, 0.4) is 0 Å². The zero-order valence-corrected chi connectivity index (χ0v) is 26.0. The first-order valence-corrected chi connectivity index (χ1v) is 14.7. The fourth-order valence-corrected chi connectivity index (χ4v) is 6.35. The molecule has 1 saturated carbocycles. The molecule has 3 aromatic heterocycles. The second kappa shape index (κ2) is 13.4. The maximum atomic E-state index is 10.9. The highest BCUT2D eigenvalue weighted by molar-refractivity contribution is 5.81. The summed E-state index contributed by atoms with van der Waals surface area (Å²) in [5, 5.41) is 21.8. The Kier molecular flexibility index (Phi) is 10.7. The molecule has 244 valence electrons. The van der Waals surface area contributed by atoms with Crippen LogP contribution in [0, 0.1) is 5.92 Å². The Morgan fingerprint density at radius 3 is 2.50 bits per heavy atom. The predicted octanol–water partition coefficient (Wildman–Crippen LogP) is 0.849. The zero-order valence-electron chi connectivity index (χ0n) is 26.0. The van der Waals surface area contributed by atoms with Crippen molar-refractivity contribution in [1.29, 1.82) is 0 Å². The standard InChI is InChI=1S/C30H42N8O3.3H2O/c1-16(2)37(13-22-25(39)26(40)29(41-22)38-15-34-24-27(31)32-14-33-28(24)38)19-10-17(11-19)6-9-23-35-20-8-7-18(30(3,4)5)12-21(20)36-23;;;/h7-8,12,14-17,19,22,25-26,29,39-40H,6,9-11,13H2,1-5H3,(H,35,36)(H2,31,32,33);3*1H2/t17-,19-,22-,25-,26-,29-;;;/m1.../s1. The van der Waals surface area contributed by atoms with Gasteiger partial charge < -0.3 is 42.1 Å². The molecular formula is C30H48N8O6. The van der Waals surface area contributed by atoms with Gasteiger partial charge in [-0.25, -0.2) is 19.9 Å².